The third-order valence-electron chi connectivity index (χ3n) is 8.28. The van der Waals surface area contributed by atoms with Gasteiger partial charge in [-0.1, -0.05) is 151 Å². The van der Waals surface area contributed by atoms with Crippen LogP contribution in [0, 0.1) is 0 Å². The maximum atomic E-state index is 9.49. The minimum atomic E-state index is -0.457. The highest BCUT2D eigenvalue weighted by Crippen LogP contribution is 2.47. The molecule has 9 rings (SSSR count). The van der Waals surface area contributed by atoms with Gasteiger partial charge >= 0.3 is 0 Å². The van der Waals surface area contributed by atoms with Crippen molar-refractivity contribution in [3.05, 3.63) is 170 Å². The Morgan fingerprint density at radius 2 is 0.978 bits per heavy atom. The van der Waals surface area contributed by atoms with E-state index in [9.17, 15) is 2.74 Å². The zero-order valence-electron chi connectivity index (χ0n) is 34.7. The zero-order chi connectivity index (χ0) is 39.3. The van der Waals surface area contributed by atoms with Crippen LogP contribution in [-0.2, 0) is 0 Å². The minimum absolute atomic E-state index is 0.0388. The second kappa shape index (κ2) is 10.4. The molecule has 0 aliphatic heterocycles. The van der Waals surface area contributed by atoms with Gasteiger partial charge in [-0.15, -0.1) is 0 Å². The van der Waals surface area contributed by atoms with Crippen molar-refractivity contribution >= 4 is 43.5 Å². The Balaban J connectivity index is 1.38. The molecule has 0 aliphatic rings. The van der Waals surface area contributed by atoms with Gasteiger partial charge in [-0.2, -0.15) is 0 Å². The Hall–Kier alpha value is -5.92. The first kappa shape index (κ1) is 16.8. The molecular weight excluding hydrogens is 544 g/mol. The highest BCUT2D eigenvalue weighted by molar-refractivity contribution is 6.25. The van der Waals surface area contributed by atoms with Crippen LogP contribution in [0.15, 0.2) is 174 Å². The van der Waals surface area contributed by atoms with Crippen LogP contribution >= 0.6 is 0 Å². The van der Waals surface area contributed by atoms with Crippen molar-refractivity contribution in [2.75, 3.05) is 0 Å². The van der Waals surface area contributed by atoms with Gasteiger partial charge in [0, 0.05) is 10.8 Å². The first-order valence-corrected chi connectivity index (χ1v) is 14.5. The number of hydrogen-bond donors (Lipinski definition) is 0. The average molecular weight is 584 g/mol. The van der Waals surface area contributed by atoms with Crippen molar-refractivity contribution in [2.45, 2.75) is 0 Å². The van der Waals surface area contributed by atoms with Crippen LogP contribution in [0.4, 0.5) is 0 Å². The van der Waals surface area contributed by atoms with Crippen LogP contribution in [0.3, 0.4) is 0 Å². The quantitative estimate of drug-likeness (QED) is 0.188. The normalized spacial score (nSPS) is 15.0. The van der Waals surface area contributed by atoms with Crippen LogP contribution in [0.5, 0.6) is 0 Å². The molecule has 1 heterocycles. The third-order valence-corrected chi connectivity index (χ3v) is 8.28. The van der Waals surface area contributed by atoms with Gasteiger partial charge in [-0.3, -0.25) is 0 Å². The van der Waals surface area contributed by atoms with E-state index in [1.54, 1.807) is 36.4 Å². The number of hydrogen-bond acceptors (Lipinski definition) is 1. The molecule has 0 amide bonds. The van der Waals surface area contributed by atoms with Crippen molar-refractivity contribution in [1.29, 1.82) is 0 Å². The minimum Gasteiger partial charge on any atom is -0.456 e. The van der Waals surface area contributed by atoms with Gasteiger partial charge in [-0.05, 0) is 84.2 Å². The van der Waals surface area contributed by atoms with E-state index >= 15 is 0 Å². The SMILES string of the molecule is [2H]c1c([2H])c([2H])c(-c2ccc(-c3c4ccccc4c(-c4c([2H])c([2H])c([2H])c5oc6c([2H])c([2H])c(-c7ccccc7)c([2H])c6c45)c4ccccc34)cc2)c([2H])c1[2H]. The number of fused-ring (bicyclic) bond motifs is 5. The maximum absolute atomic E-state index is 9.49. The van der Waals surface area contributed by atoms with Crippen molar-refractivity contribution in [1.82, 2.24) is 0 Å². The summed E-state index contributed by atoms with van der Waals surface area (Å²) in [5.41, 5.74) is 3.77. The van der Waals surface area contributed by atoms with E-state index in [0.717, 1.165) is 32.7 Å². The lowest BCUT2D eigenvalue weighted by molar-refractivity contribution is 0.669. The fraction of sp³-hybridized carbons (Fsp3) is 0. The summed E-state index contributed by atoms with van der Waals surface area (Å²) < 4.78 is 102. The molecule has 0 saturated heterocycles. The molecule has 0 aliphatic carbocycles. The lowest BCUT2D eigenvalue weighted by Crippen LogP contribution is -1.91. The van der Waals surface area contributed by atoms with Crippen LogP contribution in [-0.4, -0.2) is 0 Å². The molecular formula is C44H28O. The molecule has 0 N–H and O–H groups in total. The number of furan rings is 1. The highest BCUT2D eigenvalue weighted by atomic mass is 16.3. The van der Waals surface area contributed by atoms with Crippen LogP contribution in [0.2, 0.25) is 0 Å². The summed E-state index contributed by atoms with van der Waals surface area (Å²) in [4.78, 5) is 0. The fourth-order valence-corrected chi connectivity index (χ4v) is 6.30. The highest BCUT2D eigenvalue weighted by Gasteiger charge is 2.20. The van der Waals surface area contributed by atoms with Crippen LogP contribution < -0.4 is 0 Å². The summed E-state index contributed by atoms with van der Waals surface area (Å²) in [7, 11) is 0. The smallest absolute Gasteiger partial charge is 0.136 e. The van der Waals surface area contributed by atoms with E-state index in [1.807, 2.05) is 66.7 Å². The Morgan fingerprint density at radius 3 is 1.67 bits per heavy atom. The second-order valence-electron chi connectivity index (χ2n) is 10.8. The third kappa shape index (κ3) is 4.17. The van der Waals surface area contributed by atoms with Gasteiger partial charge in [0.15, 0.2) is 0 Å². The summed E-state index contributed by atoms with van der Waals surface area (Å²) in [5.74, 6) is 0. The van der Waals surface area contributed by atoms with Crippen molar-refractivity contribution in [2.24, 2.45) is 0 Å². The van der Waals surface area contributed by atoms with E-state index in [1.165, 1.54) is 0 Å². The fourth-order valence-electron chi connectivity index (χ4n) is 6.30. The van der Waals surface area contributed by atoms with Crippen LogP contribution in [0.25, 0.3) is 88.0 Å². The number of rotatable bonds is 4. The van der Waals surface area contributed by atoms with E-state index in [-0.39, 0.29) is 87.0 Å². The molecule has 0 fully saturated rings. The summed E-state index contributed by atoms with van der Waals surface area (Å²) in [5, 5.41) is 3.48. The molecule has 0 bridgehead atoms. The first-order valence-electron chi connectivity index (χ1n) is 20.0. The topological polar surface area (TPSA) is 13.1 Å². The Bertz CT molecular complexity index is 3050. The molecule has 1 heteroatoms. The molecule has 0 saturated carbocycles. The number of benzene rings is 8. The standard InChI is InChI=1S/C44H28O/c1-3-12-29(13-4-1)31-22-24-32(25-23-31)42-34-16-7-9-18-36(34)43(37-19-10-8-17-35(37)42)38-20-11-21-41-44(38)39-28-33(26-27-40(39)45-41)30-14-5-2-6-15-30/h1-28H/i1D,3D,4D,11D,12D,13D,20D,21D,26D,27D,28D. The molecule has 45 heavy (non-hydrogen) atoms. The monoisotopic (exact) mass is 583 g/mol. The van der Waals surface area contributed by atoms with Gasteiger partial charge in [0.05, 0.1) is 15.1 Å². The van der Waals surface area contributed by atoms with Crippen molar-refractivity contribution in [3.8, 4) is 44.5 Å². The Kier molecular flexibility index (Phi) is 3.87. The Labute approximate surface area is 277 Å². The van der Waals surface area contributed by atoms with E-state index in [4.69, 9.17) is 16.8 Å². The van der Waals surface area contributed by atoms with Crippen LogP contribution in [0.1, 0.15) is 15.1 Å². The predicted molar refractivity (Wildman–Crippen MR) is 190 cm³/mol. The summed E-state index contributed by atoms with van der Waals surface area (Å²) in [6.07, 6.45) is 0. The Morgan fingerprint density at radius 1 is 0.378 bits per heavy atom. The van der Waals surface area contributed by atoms with Gasteiger partial charge in [0.2, 0.25) is 0 Å². The summed E-state index contributed by atoms with van der Waals surface area (Å²) in [6.45, 7) is 0. The first-order chi connectivity index (χ1) is 26.9. The largest absolute Gasteiger partial charge is 0.456 e. The van der Waals surface area contributed by atoms with Gasteiger partial charge < -0.3 is 4.42 Å². The summed E-state index contributed by atoms with van der Waals surface area (Å²) >= 11 is 0. The molecule has 1 aromatic heterocycles. The molecule has 0 radical (unpaired) electrons. The predicted octanol–water partition coefficient (Wildman–Crippen LogP) is 12.6. The molecule has 1 nitrogen and oxygen atoms in total. The second-order valence-corrected chi connectivity index (χ2v) is 10.8. The van der Waals surface area contributed by atoms with Gasteiger partial charge in [0.25, 0.3) is 0 Å². The lowest BCUT2D eigenvalue weighted by Gasteiger charge is -2.18. The van der Waals surface area contributed by atoms with E-state index in [2.05, 4.69) is 0 Å². The average Bonchev–Trinajstić information content (AvgIpc) is 3.62. The zero-order valence-corrected chi connectivity index (χ0v) is 23.7. The maximum Gasteiger partial charge on any atom is 0.136 e. The molecule has 8 aromatic carbocycles. The van der Waals surface area contributed by atoms with Gasteiger partial charge in [0.1, 0.15) is 11.2 Å². The molecule has 0 spiro atoms. The molecule has 0 atom stereocenters. The van der Waals surface area contributed by atoms with Gasteiger partial charge in [-0.25, -0.2) is 0 Å². The molecule has 0 unspecified atom stereocenters. The van der Waals surface area contributed by atoms with E-state index < -0.39 is 18.1 Å². The van der Waals surface area contributed by atoms with E-state index in [0.29, 0.717) is 16.7 Å². The van der Waals surface area contributed by atoms with Crippen molar-refractivity contribution < 1.29 is 19.5 Å². The summed E-state index contributed by atoms with van der Waals surface area (Å²) in [6, 6.07) is 28.1. The van der Waals surface area contributed by atoms with Crippen molar-refractivity contribution in [3.63, 3.8) is 0 Å². The molecule has 9 aromatic rings. The molecule has 210 valence electrons. The lowest BCUT2D eigenvalue weighted by atomic mass is 9.84.